The van der Waals surface area contributed by atoms with Crippen LogP contribution in [0.15, 0.2) is 48.5 Å². The van der Waals surface area contributed by atoms with Gasteiger partial charge in [0.1, 0.15) is 11.3 Å². The second-order valence-corrected chi connectivity index (χ2v) is 10.9. The molecule has 0 bridgehead atoms. The summed E-state index contributed by atoms with van der Waals surface area (Å²) in [5, 5.41) is 13.4. The van der Waals surface area contributed by atoms with Crippen molar-refractivity contribution in [1.29, 1.82) is 0 Å². The maximum atomic E-state index is 12.5. The van der Waals surface area contributed by atoms with Crippen molar-refractivity contribution in [3.8, 4) is 0 Å². The van der Waals surface area contributed by atoms with E-state index >= 15 is 0 Å². The number of carbonyl (C=O) groups is 2. The number of hydrogen-bond donors (Lipinski definition) is 3. The molecule has 2 heterocycles. The number of aryl methyl sites for hydroxylation is 1. The SMILES string of the molecule is CCCCc1nc2c(N)nc3ccccc3c2n1Cc1ccc(NC(=O)CCCN(C(=O)O)C(C)(C)C)cc1. The number of nitrogens with two attached hydrogens (primary N) is 1. The highest BCUT2D eigenvalue weighted by Gasteiger charge is 2.25. The van der Waals surface area contributed by atoms with Crippen molar-refractivity contribution in [2.75, 3.05) is 17.6 Å². The topological polar surface area (TPSA) is 126 Å². The molecule has 0 saturated carbocycles. The molecule has 0 aliphatic carbocycles. The molecule has 0 atom stereocenters. The van der Waals surface area contributed by atoms with E-state index < -0.39 is 11.6 Å². The van der Waals surface area contributed by atoms with Crippen molar-refractivity contribution in [3.63, 3.8) is 0 Å². The number of carboxylic acid groups (broad SMARTS) is 1. The van der Waals surface area contributed by atoms with Crippen LogP contribution in [0.2, 0.25) is 0 Å². The number of para-hydroxylation sites is 1. The maximum Gasteiger partial charge on any atom is 0.407 e. The van der Waals surface area contributed by atoms with E-state index in [4.69, 9.17) is 10.7 Å². The summed E-state index contributed by atoms with van der Waals surface area (Å²) < 4.78 is 2.24. The number of nitrogens with one attached hydrogen (secondary N) is 1. The number of rotatable bonds is 10. The van der Waals surface area contributed by atoms with Gasteiger partial charge in [-0.05, 0) is 57.4 Å². The molecule has 0 aliphatic rings. The first kappa shape index (κ1) is 27.9. The van der Waals surface area contributed by atoms with E-state index in [9.17, 15) is 14.7 Å². The summed E-state index contributed by atoms with van der Waals surface area (Å²) in [5.74, 6) is 1.28. The number of benzene rings is 2. The van der Waals surface area contributed by atoms with Gasteiger partial charge in [-0.15, -0.1) is 0 Å². The van der Waals surface area contributed by atoms with Gasteiger partial charge in [-0.1, -0.05) is 43.7 Å². The number of hydrogen-bond acceptors (Lipinski definition) is 5. The number of nitrogen functional groups attached to an aromatic ring is 1. The van der Waals surface area contributed by atoms with E-state index in [1.54, 1.807) is 0 Å². The van der Waals surface area contributed by atoms with Crippen LogP contribution in [0.1, 0.15) is 64.8 Å². The Morgan fingerprint density at radius 1 is 1.05 bits per heavy atom. The highest BCUT2D eigenvalue weighted by atomic mass is 16.4. The average Bonchev–Trinajstić information content (AvgIpc) is 3.24. The van der Waals surface area contributed by atoms with Gasteiger partial charge in [0.2, 0.25) is 5.91 Å². The molecule has 0 unspecified atom stereocenters. The number of amides is 2. The van der Waals surface area contributed by atoms with Crippen molar-refractivity contribution in [1.82, 2.24) is 19.4 Å². The number of carbonyl (C=O) groups excluding carboxylic acids is 1. The van der Waals surface area contributed by atoms with Gasteiger partial charge in [-0.25, -0.2) is 14.8 Å². The predicted octanol–water partition coefficient (Wildman–Crippen LogP) is 6.05. The second kappa shape index (κ2) is 11.7. The number of aromatic nitrogens is 3. The first-order valence-electron chi connectivity index (χ1n) is 13.5. The van der Waals surface area contributed by atoms with Crippen LogP contribution >= 0.6 is 0 Å². The quantitative estimate of drug-likeness (QED) is 0.229. The Hall–Kier alpha value is -4.14. The molecule has 206 valence electrons. The molecule has 4 rings (SSSR count). The molecule has 2 aromatic heterocycles. The summed E-state index contributed by atoms with van der Waals surface area (Å²) in [6.07, 6.45) is 2.66. The summed E-state index contributed by atoms with van der Waals surface area (Å²) in [5.41, 5.74) is 10.2. The van der Waals surface area contributed by atoms with Crippen LogP contribution in [-0.2, 0) is 17.8 Å². The zero-order valence-corrected chi connectivity index (χ0v) is 23.2. The lowest BCUT2D eigenvalue weighted by Gasteiger charge is -2.33. The van der Waals surface area contributed by atoms with Crippen molar-refractivity contribution in [2.45, 2.75) is 71.9 Å². The summed E-state index contributed by atoms with van der Waals surface area (Å²) in [4.78, 5) is 34.8. The number of imidazole rings is 1. The lowest BCUT2D eigenvalue weighted by atomic mass is 10.1. The number of fused-ring (bicyclic) bond motifs is 3. The molecule has 4 aromatic rings. The third-order valence-corrected chi connectivity index (χ3v) is 6.85. The molecule has 0 fully saturated rings. The third kappa shape index (κ3) is 6.47. The van der Waals surface area contributed by atoms with Gasteiger partial charge in [0, 0.05) is 42.5 Å². The number of anilines is 2. The van der Waals surface area contributed by atoms with Crippen LogP contribution in [0, 0.1) is 0 Å². The van der Waals surface area contributed by atoms with Gasteiger partial charge in [0.05, 0.1) is 11.0 Å². The Morgan fingerprint density at radius 3 is 2.44 bits per heavy atom. The van der Waals surface area contributed by atoms with Crippen LogP contribution in [-0.4, -0.2) is 48.6 Å². The fourth-order valence-electron chi connectivity index (χ4n) is 4.82. The first-order chi connectivity index (χ1) is 18.6. The first-order valence-corrected chi connectivity index (χ1v) is 13.5. The van der Waals surface area contributed by atoms with Crippen LogP contribution in [0.5, 0.6) is 0 Å². The summed E-state index contributed by atoms with van der Waals surface area (Å²) in [6, 6.07) is 15.8. The number of unbranched alkanes of at least 4 members (excludes halogenated alkanes) is 1. The van der Waals surface area contributed by atoms with E-state index in [1.807, 2.05) is 63.2 Å². The minimum atomic E-state index is -0.978. The van der Waals surface area contributed by atoms with Crippen LogP contribution in [0.3, 0.4) is 0 Å². The number of nitrogens with zero attached hydrogens (tertiary/aromatic N) is 4. The Bertz CT molecular complexity index is 1470. The molecule has 2 amide bonds. The van der Waals surface area contributed by atoms with Gasteiger partial charge in [-0.2, -0.15) is 0 Å². The monoisotopic (exact) mass is 530 g/mol. The largest absolute Gasteiger partial charge is 0.465 e. The lowest BCUT2D eigenvalue weighted by molar-refractivity contribution is -0.116. The minimum absolute atomic E-state index is 0.140. The van der Waals surface area contributed by atoms with Crippen LogP contribution in [0.4, 0.5) is 16.3 Å². The molecule has 0 saturated heterocycles. The normalized spacial score (nSPS) is 11.7. The maximum absolute atomic E-state index is 12.5. The van der Waals surface area contributed by atoms with Crippen LogP contribution < -0.4 is 11.1 Å². The zero-order chi connectivity index (χ0) is 28.2. The molecule has 9 heteroatoms. The lowest BCUT2D eigenvalue weighted by Crippen LogP contribution is -2.45. The summed E-state index contributed by atoms with van der Waals surface area (Å²) >= 11 is 0. The van der Waals surface area contributed by atoms with Gasteiger partial charge < -0.3 is 25.6 Å². The minimum Gasteiger partial charge on any atom is -0.465 e. The average molecular weight is 531 g/mol. The van der Waals surface area contributed by atoms with E-state index in [2.05, 4.69) is 27.9 Å². The molecule has 2 aromatic carbocycles. The summed E-state index contributed by atoms with van der Waals surface area (Å²) in [7, 11) is 0. The van der Waals surface area contributed by atoms with Gasteiger partial charge >= 0.3 is 6.09 Å². The van der Waals surface area contributed by atoms with Crippen molar-refractivity contribution in [3.05, 3.63) is 59.9 Å². The molecule has 0 radical (unpaired) electrons. The molecular weight excluding hydrogens is 492 g/mol. The predicted molar refractivity (Wildman–Crippen MR) is 156 cm³/mol. The molecule has 0 aliphatic heterocycles. The molecule has 4 N–H and O–H groups in total. The molecule has 0 spiro atoms. The van der Waals surface area contributed by atoms with E-state index in [1.165, 1.54) is 4.90 Å². The van der Waals surface area contributed by atoms with Crippen molar-refractivity contribution in [2.24, 2.45) is 0 Å². The second-order valence-electron chi connectivity index (χ2n) is 10.9. The smallest absolute Gasteiger partial charge is 0.407 e. The fraction of sp³-hybridized carbons (Fsp3) is 0.400. The van der Waals surface area contributed by atoms with Gasteiger partial charge in [-0.3, -0.25) is 4.79 Å². The van der Waals surface area contributed by atoms with Crippen molar-refractivity contribution >= 4 is 45.4 Å². The fourth-order valence-corrected chi connectivity index (χ4v) is 4.82. The number of pyridine rings is 1. The van der Waals surface area contributed by atoms with E-state index in [0.717, 1.165) is 52.6 Å². The van der Waals surface area contributed by atoms with Crippen molar-refractivity contribution < 1.29 is 14.7 Å². The summed E-state index contributed by atoms with van der Waals surface area (Å²) in [6.45, 7) is 8.62. The van der Waals surface area contributed by atoms with Crippen LogP contribution in [0.25, 0.3) is 21.9 Å². The zero-order valence-electron chi connectivity index (χ0n) is 23.2. The Balaban J connectivity index is 1.49. The molecule has 39 heavy (non-hydrogen) atoms. The van der Waals surface area contributed by atoms with Gasteiger partial charge in [0.15, 0.2) is 5.82 Å². The highest BCUT2D eigenvalue weighted by molar-refractivity contribution is 6.06. The van der Waals surface area contributed by atoms with E-state index in [-0.39, 0.29) is 12.3 Å². The molecule has 9 nitrogen and oxygen atoms in total. The Morgan fingerprint density at radius 2 is 1.77 bits per heavy atom. The van der Waals surface area contributed by atoms with Gasteiger partial charge in [0.25, 0.3) is 0 Å². The van der Waals surface area contributed by atoms with E-state index in [0.29, 0.717) is 31.0 Å². The molecular formula is C30H38N6O3. The Labute approximate surface area is 229 Å². The third-order valence-electron chi connectivity index (χ3n) is 6.85. The highest BCUT2D eigenvalue weighted by Crippen LogP contribution is 2.30. The Kier molecular flexibility index (Phi) is 8.38. The standard InChI is InChI=1S/C30H38N6O3/c1-5-6-12-24-34-26-27(22-10-7-8-11-23(22)33-28(26)31)35(24)19-20-14-16-21(17-15-20)32-25(37)13-9-18-36(29(38)39)30(2,3)4/h7-8,10-11,14-17H,5-6,9,12-13,18-19H2,1-4H3,(H2,31,33)(H,32,37)(H,38,39).